The second kappa shape index (κ2) is 10.3. The minimum absolute atomic E-state index is 0.123. The Morgan fingerprint density at radius 2 is 1.59 bits per heavy atom. The van der Waals surface area contributed by atoms with E-state index in [0.717, 1.165) is 26.9 Å². The molecule has 0 spiro atoms. The van der Waals surface area contributed by atoms with Crippen molar-refractivity contribution in [3.05, 3.63) is 87.9 Å². The van der Waals surface area contributed by atoms with Crippen molar-refractivity contribution in [3.8, 4) is 5.75 Å². The lowest BCUT2D eigenvalue weighted by atomic mass is 10.1. The van der Waals surface area contributed by atoms with E-state index in [1.54, 1.807) is 6.92 Å². The molecule has 0 heterocycles. The number of anilines is 1. The fraction of sp³-hybridized carbons (Fsp3) is 0.208. The van der Waals surface area contributed by atoms with Crippen LogP contribution in [-0.2, 0) is 14.8 Å². The number of carbonyl (C=O) groups excluding carboxylic acids is 1. The number of benzene rings is 3. The zero-order chi connectivity index (χ0) is 23.3. The summed E-state index contributed by atoms with van der Waals surface area (Å²) in [7, 11) is -3.70. The van der Waals surface area contributed by atoms with Crippen molar-refractivity contribution in [3.63, 3.8) is 0 Å². The molecule has 3 aromatic carbocycles. The number of hydrogen-bond acceptors (Lipinski definition) is 4. The molecule has 32 heavy (non-hydrogen) atoms. The van der Waals surface area contributed by atoms with Gasteiger partial charge in [-0.2, -0.15) is 0 Å². The van der Waals surface area contributed by atoms with Gasteiger partial charge in [-0.15, -0.1) is 0 Å². The minimum atomic E-state index is -3.70. The van der Waals surface area contributed by atoms with Gasteiger partial charge in [-0.05, 0) is 73.9 Å². The summed E-state index contributed by atoms with van der Waals surface area (Å²) in [6.45, 7) is 5.43. The quantitative estimate of drug-likeness (QED) is 0.434. The average Bonchev–Trinajstić information content (AvgIpc) is 2.75. The molecule has 3 aromatic rings. The van der Waals surface area contributed by atoms with Crippen molar-refractivity contribution in [1.82, 2.24) is 4.72 Å². The first-order valence-electron chi connectivity index (χ1n) is 10.0. The van der Waals surface area contributed by atoms with Gasteiger partial charge in [0.05, 0.1) is 4.90 Å². The summed E-state index contributed by atoms with van der Waals surface area (Å²) < 4.78 is 34.5. The summed E-state index contributed by atoms with van der Waals surface area (Å²) in [5, 5.41) is 2.86. The zero-order valence-electron chi connectivity index (χ0n) is 18.1. The number of rotatable bonds is 8. The van der Waals surface area contributed by atoms with Crippen LogP contribution in [0.4, 0.5) is 5.69 Å². The Morgan fingerprint density at radius 1 is 1.00 bits per heavy atom. The molecule has 0 saturated heterocycles. The maximum Gasteiger partial charge on any atom is 0.262 e. The molecule has 1 atom stereocenters. The second-order valence-corrected chi connectivity index (χ2v) is 10.1. The highest BCUT2D eigenvalue weighted by atomic mass is 79.9. The van der Waals surface area contributed by atoms with Crippen LogP contribution < -0.4 is 14.8 Å². The highest BCUT2D eigenvalue weighted by Gasteiger charge is 2.18. The van der Waals surface area contributed by atoms with Gasteiger partial charge in [-0.25, -0.2) is 13.1 Å². The Kier molecular flexibility index (Phi) is 7.71. The van der Waals surface area contributed by atoms with Crippen molar-refractivity contribution >= 4 is 37.5 Å². The monoisotopic (exact) mass is 516 g/mol. The average molecular weight is 517 g/mol. The SMILES string of the molecule is Cc1cc(Br)cc(C)c1NC(=O)COc1ccc(S(=O)(=O)N[C@H](C)c2ccccc2)cc1. The van der Waals surface area contributed by atoms with Crippen LogP contribution in [-0.4, -0.2) is 20.9 Å². The number of hydrogen-bond donors (Lipinski definition) is 2. The third-order valence-electron chi connectivity index (χ3n) is 4.90. The summed E-state index contributed by atoms with van der Waals surface area (Å²) in [6, 6.07) is 18.8. The topological polar surface area (TPSA) is 84.5 Å². The summed E-state index contributed by atoms with van der Waals surface area (Å²) in [4.78, 5) is 12.4. The molecular weight excluding hydrogens is 492 g/mol. The number of sulfonamides is 1. The molecular formula is C24H25BrN2O4S. The summed E-state index contributed by atoms with van der Waals surface area (Å²) >= 11 is 3.43. The van der Waals surface area contributed by atoms with Crippen LogP contribution in [0.3, 0.4) is 0 Å². The summed E-state index contributed by atoms with van der Waals surface area (Å²) in [5.74, 6) is 0.105. The normalized spacial score (nSPS) is 12.2. The lowest BCUT2D eigenvalue weighted by molar-refractivity contribution is -0.118. The molecule has 0 radical (unpaired) electrons. The van der Waals surface area contributed by atoms with Gasteiger partial charge in [-0.3, -0.25) is 4.79 Å². The third kappa shape index (κ3) is 6.18. The van der Waals surface area contributed by atoms with Crippen LogP contribution >= 0.6 is 15.9 Å². The van der Waals surface area contributed by atoms with E-state index in [4.69, 9.17) is 4.74 Å². The lowest BCUT2D eigenvalue weighted by Gasteiger charge is -2.15. The Bertz CT molecular complexity index is 1170. The lowest BCUT2D eigenvalue weighted by Crippen LogP contribution is -2.26. The van der Waals surface area contributed by atoms with Crippen LogP contribution in [0.1, 0.15) is 29.7 Å². The van der Waals surface area contributed by atoms with Crippen molar-refractivity contribution in [1.29, 1.82) is 0 Å². The van der Waals surface area contributed by atoms with Crippen LogP contribution in [0, 0.1) is 13.8 Å². The number of amides is 1. The molecule has 6 nitrogen and oxygen atoms in total. The first-order chi connectivity index (χ1) is 15.2. The maximum absolute atomic E-state index is 12.7. The van der Waals surface area contributed by atoms with Gasteiger partial charge in [0, 0.05) is 16.2 Å². The van der Waals surface area contributed by atoms with Gasteiger partial charge in [-0.1, -0.05) is 46.3 Å². The molecule has 0 fully saturated rings. The largest absolute Gasteiger partial charge is 0.484 e. The molecule has 0 unspecified atom stereocenters. The molecule has 0 bridgehead atoms. The number of carbonyl (C=O) groups is 1. The van der Waals surface area contributed by atoms with Gasteiger partial charge in [0.2, 0.25) is 10.0 Å². The van der Waals surface area contributed by atoms with Crippen molar-refractivity contribution < 1.29 is 17.9 Å². The van der Waals surface area contributed by atoms with E-state index in [0.29, 0.717) is 5.75 Å². The molecule has 3 rings (SSSR count). The number of ether oxygens (including phenoxy) is 1. The smallest absolute Gasteiger partial charge is 0.262 e. The van der Waals surface area contributed by atoms with E-state index >= 15 is 0 Å². The van der Waals surface area contributed by atoms with Gasteiger partial charge in [0.15, 0.2) is 6.61 Å². The third-order valence-corrected chi connectivity index (χ3v) is 6.91. The molecule has 0 aromatic heterocycles. The Hall–Kier alpha value is -2.68. The zero-order valence-corrected chi connectivity index (χ0v) is 20.5. The first-order valence-corrected chi connectivity index (χ1v) is 12.3. The van der Waals surface area contributed by atoms with E-state index in [9.17, 15) is 13.2 Å². The molecule has 8 heteroatoms. The van der Waals surface area contributed by atoms with Gasteiger partial charge < -0.3 is 10.1 Å². The van der Waals surface area contributed by atoms with Gasteiger partial charge in [0.25, 0.3) is 5.91 Å². The number of nitrogens with one attached hydrogen (secondary N) is 2. The van der Waals surface area contributed by atoms with Crippen LogP contribution in [0.5, 0.6) is 5.75 Å². The summed E-state index contributed by atoms with van der Waals surface area (Å²) in [5.41, 5.74) is 3.51. The molecule has 0 aliphatic heterocycles. The predicted molar refractivity (Wildman–Crippen MR) is 129 cm³/mol. The minimum Gasteiger partial charge on any atom is -0.484 e. The van der Waals surface area contributed by atoms with Gasteiger partial charge in [0.1, 0.15) is 5.75 Å². The van der Waals surface area contributed by atoms with Crippen molar-refractivity contribution in [2.24, 2.45) is 0 Å². The van der Waals surface area contributed by atoms with E-state index in [1.807, 2.05) is 56.3 Å². The van der Waals surface area contributed by atoms with Crippen LogP contribution in [0.2, 0.25) is 0 Å². The van der Waals surface area contributed by atoms with Crippen molar-refractivity contribution in [2.45, 2.75) is 31.7 Å². The standard InChI is InChI=1S/C24H25BrN2O4S/c1-16-13-20(25)14-17(2)24(16)26-23(28)15-31-21-9-11-22(12-10-21)32(29,30)27-18(3)19-7-5-4-6-8-19/h4-14,18,27H,15H2,1-3H3,(H,26,28)/t18-/m1/s1. The van der Waals surface area contributed by atoms with Gasteiger partial charge >= 0.3 is 0 Å². The van der Waals surface area contributed by atoms with E-state index < -0.39 is 10.0 Å². The van der Waals surface area contributed by atoms with E-state index in [2.05, 4.69) is 26.0 Å². The molecule has 0 aliphatic carbocycles. The van der Waals surface area contributed by atoms with Crippen LogP contribution in [0.25, 0.3) is 0 Å². The fourth-order valence-electron chi connectivity index (χ4n) is 3.26. The van der Waals surface area contributed by atoms with Crippen LogP contribution in [0.15, 0.2) is 76.1 Å². The Morgan fingerprint density at radius 3 is 2.19 bits per heavy atom. The molecule has 0 aliphatic rings. The van der Waals surface area contributed by atoms with Crippen molar-refractivity contribution in [2.75, 3.05) is 11.9 Å². The fourth-order valence-corrected chi connectivity index (χ4v) is 5.18. The summed E-state index contributed by atoms with van der Waals surface area (Å²) in [6.07, 6.45) is 0. The first kappa shape index (κ1) is 24.0. The Balaban J connectivity index is 1.59. The molecule has 0 saturated carbocycles. The molecule has 1 amide bonds. The molecule has 2 N–H and O–H groups in total. The molecule has 168 valence electrons. The second-order valence-electron chi connectivity index (χ2n) is 7.48. The highest BCUT2D eigenvalue weighted by Crippen LogP contribution is 2.25. The maximum atomic E-state index is 12.7. The Labute approximate surface area is 197 Å². The number of halogens is 1. The number of aryl methyl sites for hydroxylation is 2. The van der Waals surface area contributed by atoms with E-state index in [-0.39, 0.29) is 23.5 Å². The van der Waals surface area contributed by atoms with E-state index in [1.165, 1.54) is 24.3 Å². The predicted octanol–water partition coefficient (Wildman–Crippen LogP) is 5.12. The highest BCUT2D eigenvalue weighted by molar-refractivity contribution is 9.10.